The van der Waals surface area contributed by atoms with E-state index in [0.29, 0.717) is 41.2 Å². The van der Waals surface area contributed by atoms with Crippen LogP contribution in [0.3, 0.4) is 0 Å². The number of nitrogens with one attached hydrogen (secondary N) is 1. The number of hydrogen-bond donors (Lipinski definition) is 1. The van der Waals surface area contributed by atoms with Crippen molar-refractivity contribution in [1.29, 1.82) is 0 Å². The Balaban J connectivity index is 1.95. The van der Waals surface area contributed by atoms with Crippen LogP contribution in [0.25, 0.3) is 11.0 Å². The summed E-state index contributed by atoms with van der Waals surface area (Å²) in [5, 5.41) is 3.54. The fraction of sp³-hybridized carbons (Fsp3) is 0.318. The van der Waals surface area contributed by atoms with Gasteiger partial charge in [0.25, 0.3) is 5.91 Å². The third-order valence-corrected chi connectivity index (χ3v) is 7.31. The summed E-state index contributed by atoms with van der Waals surface area (Å²) < 4.78 is 38.2. The Morgan fingerprint density at radius 3 is 2.43 bits per heavy atom. The van der Waals surface area contributed by atoms with Crippen LogP contribution in [-0.4, -0.2) is 38.8 Å². The fourth-order valence-corrected chi connectivity index (χ4v) is 5.10. The maximum atomic E-state index is 12.9. The number of aryl methyl sites for hydroxylation is 2. The minimum Gasteiger partial charge on any atom is -0.497 e. The Morgan fingerprint density at radius 1 is 1.10 bits per heavy atom. The van der Waals surface area contributed by atoms with Gasteiger partial charge in [0, 0.05) is 29.7 Å². The first kappa shape index (κ1) is 21.9. The number of ether oxygens (including phenoxy) is 1. The number of amides is 1. The lowest BCUT2D eigenvalue weighted by molar-refractivity contribution is 0.0998. The molecule has 30 heavy (non-hydrogen) atoms. The van der Waals surface area contributed by atoms with Crippen LogP contribution >= 0.6 is 0 Å². The predicted octanol–water partition coefficient (Wildman–Crippen LogP) is 4.34. The highest BCUT2D eigenvalue weighted by molar-refractivity contribution is 7.89. The van der Waals surface area contributed by atoms with Crippen molar-refractivity contribution >= 4 is 32.6 Å². The van der Waals surface area contributed by atoms with E-state index in [1.54, 1.807) is 59.1 Å². The standard InChI is InChI=1S/C22H26N2O5S/c1-6-24(7-2)30(26,27)20-12-16(9-8-14(20)3)23-22(25)21-15(4)18-13-17(28-5)10-11-19(18)29-21/h8-13H,6-7H2,1-5H3,(H,23,25). The Morgan fingerprint density at radius 2 is 1.80 bits per heavy atom. The second kappa shape index (κ2) is 8.49. The minimum absolute atomic E-state index is 0.173. The van der Waals surface area contributed by atoms with E-state index in [0.717, 1.165) is 5.39 Å². The van der Waals surface area contributed by atoms with Gasteiger partial charge in [-0.15, -0.1) is 0 Å². The van der Waals surface area contributed by atoms with Gasteiger partial charge in [-0.05, 0) is 49.7 Å². The number of rotatable bonds is 7. The second-order valence-electron chi connectivity index (χ2n) is 6.94. The first-order chi connectivity index (χ1) is 14.2. The molecule has 7 nitrogen and oxygen atoms in total. The summed E-state index contributed by atoms with van der Waals surface area (Å²) in [7, 11) is -2.07. The number of carbonyl (C=O) groups is 1. The Bertz CT molecular complexity index is 1190. The van der Waals surface area contributed by atoms with Crippen molar-refractivity contribution in [2.75, 3.05) is 25.5 Å². The van der Waals surface area contributed by atoms with Gasteiger partial charge in [-0.2, -0.15) is 4.31 Å². The molecule has 1 N–H and O–H groups in total. The van der Waals surface area contributed by atoms with E-state index >= 15 is 0 Å². The molecule has 160 valence electrons. The topological polar surface area (TPSA) is 88.9 Å². The van der Waals surface area contributed by atoms with Gasteiger partial charge in [0.1, 0.15) is 11.3 Å². The van der Waals surface area contributed by atoms with Gasteiger partial charge >= 0.3 is 0 Å². The number of furan rings is 1. The summed E-state index contributed by atoms with van der Waals surface area (Å²) in [6, 6.07) is 10.2. The number of anilines is 1. The lowest BCUT2D eigenvalue weighted by atomic mass is 10.1. The molecule has 1 amide bonds. The van der Waals surface area contributed by atoms with Gasteiger partial charge in [-0.1, -0.05) is 19.9 Å². The van der Waals surface area contributed by atoms with Crippen LogP contribution in [0, 0.1) is 13.8 Å². The summed E-state index contributed by atoms with van der Waals surface area (Å²) in [6.45, 7) is 7.86. The fourth-order valence-electron chi connectivity index (χ4n) is 3.39. The van der Waals surface area contributed by atoms with E-state index in [4.69, 9.17) is 9.15 Å². The van der Waals surface area contributed by atoms with Crippen molar-refractivity contribution in [3.05, 3.63) is 53.3 Å². The van der Waals surface area contributed by atoms with Crippen LogP contribution < -0.4 is 10.1 Å². The molecular weight excluding hydrogens is 404 g/mol. The third kappa shape index (κ3) is 3.93. The third-order valence-electron chi connectivity index (χ3n) is 5.12. The van der Waals surface area contributed by atoms with Crippen LogP contribution in [0.4, 0.5) is 5.69 Å². The maximum absolute atomic E-state index is 12.9. The van der Waals surface area contributed by atoms with Crippen molar-refractivity contribution in [3.63, 3.8) is 0 Å². The molecule has 3 aromatic rings. The molecule has 0 aliphatic rings. The van der Waals surface area contributed by atoms with E-state index in [1.165, 1.54) is 10.4 Å². The van der Waals surface area contributed by atoms with Crippen molar-refractivity contribution in [2.24, 2.45) is 0 Å². The van der Waals surface area contributed by atoms with E-state index in [-0.39, 0.29) is 10.7 Å². The van der Waals surface area contributed by atoms with Crippen LogP contribution in [0.5, 0.6) is 5.75 Å². The summed E-state index contributed by atoms with van der Waals surface area (Å²) in [5.74, 6) is 0.396. The molecule has 0 fully saturated rings. The van der Waals surface area contributed by atoms with Gasteiger partial charge in [0.05, 0.1) is 12.0 Å². The Kier molecular flexibility index (Phi) is 6.19. The molecule has 1 aromatic heterocycles. The minimum atomic E-state index is -3.65. The predicted molar refractivity (Wildman–Crippen MR) is 117 cm³/mol. The van der Waals surface area contributed by atoms with E-state index in [2.05, 4.69) is 5.32 Å². The average Bonchev–Trinajstić information content (AvgIpc) is 3.06. The molecule has 8 heteroatoms. The monoisotopic (exact) mass is 430 g/mol. The zero-order chi connectivity index (χ0) is 22.1. The quantitative estimate of drug-likeness (QED) is 0.602. The maximum Gasteiger partial charge on any atom is 0.291 e. The zero-order valence-corrected chi connectivity index (χ0v) is 18.6. The molecule has 0 saturated heterocycles. The summed E-state index contributed by atoms with van der Waals surface area (Å²) in [4.78, 5) is 13.0. The van der Waals surface area contributed by atoms with E-state index in [1.807, 2.05) is 6.07 Å². The largest absolute Gasteiger partial charge is 0.497 e. The van der Waals surface area contributed by atoms with Gasteiger partial charge < -0.3 is 14.5 Å². The van der Waals surface area contributed by atoms with Crippen LogP contribution in [0.1, 0.15) is 35.5 Å². The van der Waals surface area contributed by atoms with E-state index < -0.39 is 15.9 Å². The molecule has 2 aromatic carbocycles. The molecule has 0 saturated carbocycles. The first-order valence-electron chi connectivity index (χ1n) is 9.72. The van der Waals surface area contributed by atoms with Crippen molar-refractivity contribution in [3.8, 4) is 5.75 Å². The van der Waals surface area contributed by atoms with Gasteiger partial charge in [0.15, 0.2) is 5.76 Å². The van der Waals surface area contributed by atoms with Gasteiger partial charge in [0.2, 0.25) is 10.0 Å². The van der Waals surface area contributed by atoms with Gasteiger partial charge in [-0.3, -0.25) is 4.79 Å². The van der Waals surface area contributed by atoms with Crippen LogP contribution in [0.2, 0.25) is 0 Å². The normalized spacial score (nSPS) is 11.8. The summed E-state index contributed by atoms with van der Waals surface area (Å²) in [5.41, 5.74) is 2.26. The number of fused-ring (bicyclic) bond motifs is 1. The molecule has 0 unspecified atom stereocenters. The average molecular weight is 431 g/mol. The molecular formula is C22H26N2O5S. The highest BCUT2D eigenvalue weighted by atomic mass is 32.2. The lowest BCUT2D eigenvalue weighted by Crippen LogP contribution is -2.31. The molecule has 0 radical (unpaired) electrons. The molecule has 0 aliphatic heterocycles. The number of benzene rings is 2. The van der Waals surface area contributed by atoms with Crippen molar-refractivity contribution in [2.45, 2.75) is 32.6 Å². The highest BCUT2D eigenvalue weighted by Gasteiger charge is 2.25. The summed E-state index contributed by atoms with van der Waals surface area (Å²) >= 11 is 0. The highest BCUT2D eigenvalue weighted by Crippen LogP contribution is 2.30. The number of hydrogen-bond acceptors (Lipinski definition) is 5. The number of methoxy groups -OCH3 is 1. The van der Waals surface area contributed by atoms with Gasteiger partial charge in [-0.25, -0.2) is 8.42 Å². The first-order valence-corrected chi connectivity index (χ1v) is 11.2. The van der Waals surface area contributed by atoms with E-state index in [9.17, 15) is 13.2 Å². The molecule has 0 atom stereocenters. The Labute approximate surface area is 176 Å². The SMILES string of the molecule is CCN(CC)S(=O)(=O)c1cc(NC(=O)c2oc3ccc(OC)cc3c2C)ccc1C. The molecule has 0 spiro atoms. The Hall–Kier alpha value is -2.84. The lowest BCUT2D eigenvalue weighted by Gasteiger charge is -2.20. The molecule has 0 aliphatic carbocycles. The number of carbonyl (C=O) groups excluding carboxylic acids is 1. The van der Waals surface area contributed by atoms with Crippen LogP contribution in [0.15, 0.2) is 45.7 Å². The molecule has 0 bridgehead atoms. The smallest absolute Gasteiger partial charge is 0.291 e. The molecule has 1 heterocycles. The number of nitrogens with zero attached hydrogens (tertiary/aromatic N) is 1. The number of sulfonamides is 1. The molecule has 3 rings (SSSR count). The second-order valence-corrected chi connectivity index (χ2v) is 8.85. The van der Waals surface area contributed by atoms with Crippen LogP contribution in [-0.2, 0) is 10.0 Å². The van der Waals surface area contributed by atoms with Crippen molar-refractivity contribution in [1.82, 2.24) is 4.31 Å². The zero-order valence-electron chi connectivity index (χ0n) is 17.8. The summed E-state index contributed by atoms with van der Waals surface area (Å²) in [6.07, 6.45) is 0. The van der Waals surface area contributed by atoms with Crippen molar-refractivity contribution < 1.29 is 22.4 Å².